The summed E-state index contributed by atoms with van der Waals surface area (Å²) < 4.78 is 23.6. The molecule has 0 heterocycles. The summed E-state index contributed by atoms with van der Waals surface area (Å²) in [5, 5.41) is 18.2. The SMILES string of the molecule is CCOc1ccccc1NC(=O)C1C(=O)CC(C)(O)C(C(=O)Nc2ccccc2OCC)C1c1ccc(OCc2ccccc2Cl)c(OCC)c1. The van der Waals surface area contributed by atoms with Crippen molar-refractivity contribution < 1.29 is 38.4 Å². The smallest absolute Gasteiger partial charge is 0.235 e. The Bertz CT molecular complexity index is 1860. The Balaban J connectivity index is 1.59. The number of hydrogen-bond acceptors (Lipinski definition) is 8. The molecule has 10 nitrogen and oxygen atoms in total. The third kappa shape index (κ3) is 8.64. The summed E-state index contributed by atoms with van der Waals surface area (Å²) in [6.07, 6.45) is -0.433. The lowest BCUT2D eigenvalue weighted by Gasteiger charge is -2.44. The van der Waals surface area contributed by atoms with Gasteiger partial charge in [-0.15, -0.1) is 0 Å². The van der Waals surface area contributed by atoms with Crippen LogP contribution in [0.25, 0.3) is 0 Å². The number of carbonyl (C=O) groups is 3. The van der Waals surface area contributed by atoms with Gasteiger partial charge >= 0.3 is 0 Å². The lowest BCUT2D eigenvalue weighted by molar-refractivity contribution is -0.150. The molecule has 11 heteroatoms. The number of aliphatic hydroxyl groups is 1. The van der Waals surface area contributed by atoms with E-state index >= 15 is 0 Å². The van der Waals surface area contributed by atoms with Crippen LogP contribution in [0, 0.1) is 11.8 Å². The zero-order valence-electron chi connectivity index (χ0n) is 29.1. The molecule has 0 aromatic heterocycles. The van der Waals surface area contributed by atoms with Crippen molar-refractivity contribution in [3.63, 3.8) is 0 Å². The molecule has 0 bridgehead atoms. The van der Waals surface area contributed by atoms with Crippen molar-refractivity contribution in [2.75, 3.05) is 30.5 Å². The van der Waals surface area contributed by atoms with E-state index in [0.29, 0.717) is 58.2 Å². The molecule has 1 saturated carbocycles. The summed E-state index contributed by atoms with van der Waals surface area (Å²) in [5.74, 6) is -3.92. The van der Waals surface area contributed by atoms with Gasteiger partial charge in [0.05, 0.1) is 42.7 Å². The highest BCUT2D eigenvalue weighted by atomic mass is 35.5. The number of nitrogens with one attached hydrogen (secondary N) is 2. The second kappa shape index (κ2) is 16.8. The van der Waals surface area contributed by atoms with E-state index in [1.165, 1.54) is 6.92 Å². The third-order valence-electron chi connectivity index (χ3n) is 8.72. The lowest BCUT2D eigenvalue weighted by atomic mass is 9.61. The standard InChI is InChI=1S/C40H43ClN2O8/c1-5-48-31-18-12-10-16-28(31)42-38(45)36-30(44)23-40(4,47)37(39(46)43-29-17-11-13-19-32(29)49-6-2)35(36)25-20-21-33(34(22-25)50-7-3)51-24-26-14-8-9-15-27(26)41/h8-22,35-37,47H,5-7,23-24H2,1-4H3,(H,42,45)(H,43,46). The van der Waals surface area contributed by atoms with E-state index in [-0.39, 0.29) is 13.2 Å². The summed E-state index contributed by atoms with van der Waals surface area (Å²) in [6.45, 7) is 8.08. The van der Waals surface area contributed by atoms with Gasteiger partial charge in [0.1, 0.15) is 29.8 Å². The Labute approximate surface area is 303 Å². The first kappa shape index (κ1) is 37.2. The Kier molecular flexibility index (Phi) is 12.2. The second-order valence-corrected chi connectivity index (χ2v) is 12.7. The molecule has 1 aliphatic rings. The topological polar surface area (TPSA) is 132 Å². The number of para-hydroxylation sites is 4. The van der Waals surface area contributed by atoms with E-state index in [0.717, 1.165) is 5.56 Å². The van der Waals surface area contributed by atoms with Crippen LogP contribution in [-0.4, -0.2) is 48.1 Å². The molecule has 1 fully saturated rings. The van der Waals surface area contributed by atoms with Crippen LogP contribution in [0.4, 0.5) is 11.4 Å². The molecule has 4 unspecified atom stereocenters. The van der Waals surface area contributed by atoms with E-state index in [4.69, 9.17) is 30.5 Å². The minimum Gasteiger partial charge on any atom is -0.492 e. The molecule has 4 aromatic carbocycles. The van der Waals surface area contributed by atoms with Crippen LogP contribution < -0.4 is 29.6 Å². The summed E-state index contributed by atoms with van der Waals surface area (Å²) in [6, 6.07) is 26.2. The average Bonchev–Trinajstić information content (AvgIpc) is 3.09. The molecule has 268 valence electrons. The van der Waals surface area contributed by atoms with Gasteiger partial charge in [-0.2, -0.15) is 0 Å². The van der Waals surface area contributed by atoms with Crippen LogP contribution >= 0.6 is 11.6 Å². The summed E-state index contributed by atoms with van der Waals surface area (Å²) in [5.41, 5.74) is 0.123. The number of amides is 2. The van der Waals surface area contributed by atoms with Gasteiger partial charge in [-0.05, 0) is 75.7 Å². The van der Waals surface area contributed by atoms with E-state index in [1.807, 2.05) is 39.0 Å². The van der Waals surface area contributed by atoms with E-state index in [1.54, 1.807) is 72.8 Å². The highest BCUT2D eigenvalue weighted by Gasteiger charge is 2.56. The second-order valence-electron chi connectivity index (χ2n) is 12.3. The fourth-order valence-corrected chi connectivity index (χ4v) is 6.70. The molecule has 3 N–H and O–H groups in total. The summed E-state index contributed by atoms with van der Waals surface area (Å²) in [7, 11) is 0. The maximum atomic E-state index is 14.4. The molecule has 0 spiro atoms. The van der Waals surface area contributed by atoms with Crippen molar-refractivity contribution in [1.82, 2.24) is 0 Å². The Morgan fingerprint density at radius 1 is 0.745 bits per heavy atom. The number of carbonyl (C=O) groups excluding carboxylic acids is 3. The average molecular weight is 715 g/mol. The Morgan fingerprint density at radius 2 is 1.29 bits per heavy atom. The van der Waals surface area contributed by atoms with Crippen LogP contribution in [0.1, 0.15) is 51.2 Å². The molecular weight excluding hydrogens is 672 g/mol. The zero-order valence-corrected chi connectivity index (χ0v) is 29.9. The largest absolute Gasteiger partial charge is 0.492 e. The number of ether oxygens (including phenoxy) is 4. The lowest BCUT2D eigenvalue weighted by Crippen LogP contribution is -2.56. The van der Waals surface area contributed by atoms with Gasteiger partial charge in [-0.3, -0.25) is 14.4 Å². The molecule has 4 aromatic rings. The highest BCUT2D eigenvalue weighted by molar-refractivity contribution is 6.31. The molecule has 0 aliphatic heterocycles. The van der Waals surface area contributed by atoms with Crippen molar-refractivity contribution in [1.29, 1.82) is 0 Å². The first-order chi connectivity index (χ1) is 24.6. The molecular formula is C40H43ClN2O8. The van der Waals surface area contributed by atoms with Crippen LogP contribution in [0.5, 0.6) is 23.0 Å². The van der Waals surface area contributed by atoms with Crippen molar-refractivity contribution in [3.05, 3.63) is 107 Å². The number of ketones is 1. The minimum absolute atomic E-state index is 0.157. The van der Waals surface area contributed by atoms with Crippen LogP contribution in [0.15, 0.2) is 91.0 Å². The molecule has 1 aliphatic carbocycles. The quantitative estimate of drug-likeness (QED) is 0.115. The van der Waals surface area contributed by atoms with Crippen molar-refractivity contribution >= 4 is 40.6 Å². The van der Waals surface area contributed by atoms with E-state index in [9.17, 15) is 19.5 Å². The minimum atomic E-state index is -1.84. The number of halogens is 1. The predicted molar refractivity (Wildman–Crippen MR) is 196 cm³/mol. The summed E-state index contributed by atoms with van der Waals surface area (Å²) in [4.78, 5) is 42.7. The number of anilines is 2. The van der Waals surface area contributed by atoms with Crippen LogP contribution in [0.3, 0.4) is 0 Å². The Hall–Kier alpha value is -5.06. The van der Waals surface area contributed by atoms with E-state index < -0.39 is 47.4 Å². The zero-order chi connectivity index (χ0) is 36.5. The van der Waals surface area contributed by atoms with Gasteiger partial charge in [0.25, 0.3) is 0 Å². The number of benzene rings is 4. The monoisotopic (exact) mass is 714 g/mol. The van der Waals surface area contributed by atoms with Gasteiger partial charge in [0.2, 0.25) is 11.8 Å². The fourth-order valence-electron chi connectivity index (χ4n) is 6.51. The molecule has 0 saturated heterocycles. The van der Waals surface area contributed by atoms with Crippen LogP contribution in [0.2, 0.25) is 5.02 Å². The van der Waals surface area contributed by atoms with Gasteiger partial charge < -0.3 is 34.7 Å². The molecule has 0 radical (unpaired) electrons. The predicted octanol–water partition coefficient (Wildman–Crippen LogP) is 7.43. The maximum Gasteiger partial charge on any atom is 0.235 e. The molecule has 5 rings (SSSR count). The maximum absolute atomic E-state index is 14.4. The van der Waals surface area contributed by atoms with Gasteiger partial charge in [-0.25, -0.2) is 0 Å². The normalized spacial score (nSPS) is 19.9. The molecule has 51 heavy (non-hydrogen) atoms. The van der Waals surface area contributed by atoms with Crippen molar-refractivity contribution in [3.8, 4) is 23.0 Å². The van der Waals surface area contributed by atoms with Gasteiger partial charge in [0, 0.05) is 22.9 Å². The summed E-state index contributed by atoms with van der Waals surface area (Å²) >= 11 is 6.36. The van der Waals surface area contributed by atoms with Gasteiger partial charge in [-0.1, -0.05) is 60.1 Å². The van der Waals surface area contributed by atoms with Crippen molar-refractivity contribution in [2.24, 2.45) is 11.8 Å². The highest BCUT2D eigenvalue weighted by Crippen LogP contribution is 2.48. The van der Waals surface area contributed by atoms with Gasteiger partial charge in [0.15, 0.2) is 11.5 Å². The van der Waals surface area contributed by atoms with Crippen LogP contribution in [-0.2, 0) is 21.0 Å². The first-order valence-corrected chi connectivity index (χ1v) is 17.4. The molecule has 4 atom stereocenters. The fraction of sp³-hybridized carbons (Fsp3) is 0.325. The van der Waals surface area contributed by atoms with Crippen molar-refractivity contribution in [2.45, 2.75) is 52.2 Å². The van der Waals surface area contributed by atoms with E-state index in [2.05, 4.69) is 10.6 Å². The third-order valence-corrected chi connectivity index (χ3v) is 9.08. The first-order valence-electron chi connectivity index (χ1n) is 17.0. The number of hydrogen-bond donors (Lipinski definition) is 3. The Morgan fingerprint density at radius 3 is 1.90 bits per heavy atom. The number of rotatable bonds is 14. The molecule has 2 amide bonds. The number of Topliss-reactive ketones (excluding diaryl/α,β-unsaturated/α-hetero) is 1.